The standard InChI is InChI=1S/C15H26N4O/c1-4-16-10-13-14(11-17-15(18-13)12(2)3)19-6-5-8-20-9-7-19/h11-12,16H,4-10H2,1-3H3. The minimum atomic E-state index is 0.358. The summed E-state index contributed by atoms with van der Waals surface area (Å²) < 4.78 is 5.53. The first-order valence-corrected chi connectivity index (χ1v) is 7.61. The Hall–Kier alpha value is -1.20. The fourth-order valence-electron chi connectivity index (χ4n) is 2.33. The molecule has 1 N–H and O–H groups in total. The molecule has 0 radical (unpaired) electrons. The third kappa shape index (κ3) is 3.90. The van der Waals surface area contributed by atoms with Crippen LogP contribution in [-0.2, 0) is 11.3 Å². The summed E-state index contributed by atoms with van der Waals surface area (Å²) >= 11 is 0. The minimum absolute atomic E-state index is 0.358. The number of nitrogens with one attached hydrogen (secondary N) is 1. The van der Waals surface area contributed by atoms with Crippen LogP contribution in [0.5, 0.6) is 0 Å². The fraction of sp³-hybridized carbons (Fsp3) is 0.733. The summed E-state index contributed by atoms with van der Waals surface area (Å²) in [5, 5.41) is 3.38. The zero-order valence-corrected chi connectivity index (χ0v) is 12.9. The van der Waals surface area contributed by atoms with E-state index >= 15 is 0 Å². The van der Waals surface area contributed by atoms with E-state index in [1.807, 2.05) is 6.20 Å². The topological polar surface area (TPSA) is 50.3 Å². The molecule has 1 fully saturated rings. The predicted molar refractivity (Wildman–Crippen MR) is 81.2 cm³/mol. The minimum Gasteiger partial charge on any atom is -0.380 e. The van der Waals surface area contributed by atoms with Crippen molar-refractivity contribution in [2.24, 2.45) is 0 Å². The van der Waals surface area contributed by atoms with Crippen LogP contribution in [0, 0.1) is 0 Å². The Morgan fingerprint density at radius 1 is 1.35 bits per heavy atom. The highest BCUT2D eigenvalue weighted by Gasteiger charge is 2.16. The van der Waals surface area contributed by atoms with E-state index in [2.05, 4.69) is 36.0 Å². The first-order valence-electron chi connectivity index (χ1n) is 7.61. The van der Waals surface area contributed by atoms with Crippen molar-refractivity contribution in [1.82, 2.24) is 15.3 Å². The van der Waals surface area contributed by atoms with Gasteiger partial charge in [0.1, 0.15) is 5.82 Å². The lowest BCUT2D eigenvalue weighted by Crippen LogP contribution is -2.29. The van der Waals surface area contributed by atoms with E-state index in [0.717, 1.165) is 63.0 Å². The lowest BCUT2D eigenvalue weighted by atomic mass is 10.2. The van der Waals surface area contributed by atoms with Gasteiger partial charge in [-0.3, -0.25) is 0 Å². The quantitative estimate of drug-likeness (QED) is 0.892. The Labute approximate surface area is 121 Å². The van der Waals surface area contributed by atoms with Gasteiger partial charge in [-0.1, -0.05) is 20.8 Å². The van der Waals surface area contributed by atoms with Crippen LogP contribution in [0.25, 0.3) is 0 Å². The van der Waals surface area contributed by atoms with E-state index in [-0.39, 0.29) is 0 Å². The van der Waals surface area contributed by atoms with E-state index in [1.165, 1.54) is 0 Å². The van der Waals surface area contributed by atoms with E-state index in [0.29, 0.717) is 5.92 Å². The Morgan fingerprint density at radius 3 is 2.95 bits per heavy atom. The second kappa shape index (κ2) is 7.55. The maximum absolute atomic E-state index is 5.53. The van der Waals surface area contributed by atoms with Gasteiger partial charge >= 0.3 is 0 Å². The van der Waals surface area contributed by atoms with Crippen LogP contribution >= 0.6 is 0 Å². The number of anilines is 1. The van der Waals surface area contributed by atoms with Gasteiger partial charge in [-0.15, -0.1) is 0 Å². The molecule has 2 heterocycles. The molecule has 0 amide bonds. The molecule has 1 aliphatic rings. The Morgan fingerprint density at radius 2 is 2.20 bits per heavy atom. The molecule has 20 heavy (non-hydrogen) atoms. The smallest absolute Gasteiger partial charge is 0.131 e. The molecule has 0 spiro atoms. The summed E-state index contributed by atoms with van der Waals surface area (Å²) in [5.74, 6) is 1.28. The molecule has 112 valence electrons. The van der Waals surface area contributed by atoms with E-state index in [4.69, 9.17) is 9.72 Å². The SMILES string of the molecule is CCNCc1nc(C(C)C)ncc1N1CCCOCC1. The van der Waals surface area contributed by atoms with Crippen molar-refractivity contribution in [3.8, 4) is 0 Å². The molecule has 0 unspecified atom stereocenters. The molecule has 5 heteroatoms. The first kappa shape index (κ1) is 15.2. The average molecular weight is 278 g/mol. The third-order valence-corrected chi connectivity index (χ3v) is 3.49. The highest BCUT2D eigenvalue weighted by Crippen LogP contribution is 2.21. The van der Waals surface area contributed by atoms with Gasteiger partial charge in [0.25, 0.3) is 0 Å². The van der Waals surface area contributed by atoms with Crippen molar-refractivity contribution in [3.63, 3.8) is 0 Å². The van der Waals surface area contributed by atoms with Crippen molar-refractivity contribution in [3.05, 3.63) is 17.7 Å². The largest absolute Gasteiger partial charge is 0.380 e. The number of rotatable bonds is 5. The molecule has 0 saturated carbocycles. The maximum atomic E-state index is 5.53. The van der Waals surface area contributed by atoms with Gasteiger partial charge in [0.05, 0.1) is 24.2 Å². The summed E-state index contributed by atoms with van der Waals surface area (Å²) in [4.78, 5) is 11.6. The Bertz CT molecular complexity index is 414. The zero-order valence-electron chi connectivity index (χ0n) is 12.9. The van der Waals surface area contributed by atoms with Crippen LogP contribution in [0.1, 0.15) is 44.6 Å². The molecule has 0 bridgehead atoms. The van der Waals surface area contributed by atoms with Gasteiger partial charge < -0.3 is 15.0 Å². The molecule has 1 aromatic rings. The number of nitrogens with zero attached hydrogens (tertiary/aromatic N) is 3. The molecule has 0 atom stereocenters. The molecule has 1 aromatic heterocycles. The summed E-state index contributed by atoms with van der Waals surface area (Å²) in [5.41, 5.74) is 2.26. The summed E-state index contributed by atoms with van der Waals surface area (Å²) in [6.07, 6.45) is 3.05. The molecular formula is C15H26N4O. The fourth-order valence-corrected chi connectivity index (χ4v) is 2.33. The molecule has 5 nitrogen and oxygen atoms in total. The Kier molecular flexibility index (Phi) is 5.73. The van der Waals surface area contributed by atoms with Gasteiger partial charge in [-0.25, -0.2) is 9.97 Å². The summed E-state index contributed by atoms with van der Waals surface area (Å²) in [6.45, 7) is 11.7. The number of aromatic nitrogens is 2. The van der Waals surface area contributed by atoms with Crippen LogP contribution in [0.2, 0.25) is 0 Å². The van der Waals surface area contributed by atoms with Crippen LogP contribution in [0.3, 0.4) is 0 Å². The van der Waals surface area contributed by atoms with Crippen molar-refractivity contribution < 1.29 is 4.74 Å². The average Bonchev–Trinajstić information content (AvgIpc) is 2.73. The molecule has 1 aliphatic heterocycles. The number of ether oxygens (including phenoxy) is 1. The maximum Gasteiger partial charge on any atom is 0.131 e. The van der Waals surface area contributed by atoms with Gasteiger partial charge in [-0.2, -0.15) is 0 Å². The molecule has 0 aromatic carbocycles. The summed E-state index contributed by atoms with van der Waals surface area (Å²) in [7, 11) is 0. The second-order valence-corrected chi connectivity index (χ2v) is 5.45. The third-order valence-electron chi connectivity index (χ3n) is 3.49. The van der Waals surface area contributed by atoms with Crippen LogP contribution in [-0.4, -0.2) is 42.8 Å². The lowest BCUT2D eigenvalue weighted by Gasteiger charge is -2.24. The molecule has 0 aliphatic carbocycles. The zero-order chi connectivity index (χ0) is 14.4. The number of hydrogen-bond donors (Lipinski definition) is 1. The van der Waals surface area contributed by atoms with Crippen molar-refractivity contribution in [2.45, 2.75) is 39.7 Å². The van der Waals surface area contributed by atoms with Crippen LogP contribution in [0.4, 0.5) is 5.69 Å². The second-order valence-electron chi connectivity index (χ2n) is 5.45. The normalized spacial score (nSPS) is 16.5. The summed E-state index contributed by atoms with van der Waals surface area (Å²) in [6, 6.07) is 0. The van der Waals surface area contributed by atoms with Gasteiger partial charge in [0.2, 0.25) is 0 Å². The van der Waals surface area contributed by atoms with Gasteiger partial charge in [0.15, 0.2) is 0 Å². The molecule has 1 saturated heterocycles. The van der Waals surface area contributed by atoms with Gasteiger partial charge in [-0.05, 0) is 13.0 Å². The van der Waals surface area contributed by atoms with Crippen molar-refractivity contribution in [2.75, 3.05) is 37.7 Å². The lowest BCUT2D eigenvalue weighted by molar-refractivity contribution is 0.152. The van der Waals surface area contributed by atoms with Crippen molar-refractivity contribution in [1.29, 1.82) is 0 Å². The van der Waals surface area contributed by atoms with Crippen LogP contribution < -0.4 is 10.2 Å². The predicted octanol–water partition coefficient (Wildman–Crippen LogP) is 1.94. The van der Waals surface area contributed by atoms with Crippen LogP contribution in [0.15, 0.2) is 6.20 Å². The molecular weight excluding hydrogens is 252 g/mol. The monoisotopic (exact) mass is 278 g/mol. The number of hydrogen-bond acceptors (Lipinski definition) is 5. The van der Waals surface area contributed by atoms with Gasteiger partial charge in [0, 0.05) is 32.2 Å². The van der Waals surface area contributed by atoms with Crippen molar-refractivity contribution >= 4 is 5.69 Å². The van der Waals surface area contributed by atoms with E-state index in [1.54, 1.807) is 0 Å². The highest BCUT2D eigenvalue weighted by atomic mass is 16.5. The van der Waals surface area contributed by atoms with E-state index in [9.17, 15) is 0 Å². The van der Waals surface area contributed by atoms with E-state index < -0.39 is 0 Å². The Balaban J connectivity index is 2.24. The first-order chi connectivity index (χ1) is 9.72. The highest BCUT2D eigenvalue weighted by molar-refractivity contribution is 5.49. The molecule has 2 rings (SSSR count).